The lowest BCUT2D eigenvalue weighted by Gasteiger charge is -2.63. The molecule has 1 N–H and O–H groups in total. The van der Waals surface area contributed by atoms with E-state index in [-0.39, 0.29) is 48.1 Å². The number of Topliss-reactive ketones (excluding diaryl/α,β-unsaturated/α-hetero) is 1. The molecule has 3 aliphatic rings. The highest BCUT2D eigenvalue weighted by Crippen LogP contribution is 2.70. The van der Waals surface area contributed by atoms with E-state index < -0.39 is 13.7 Å². The monoisotopic (exact) mass is 510 g/mol. The summed E-state index contributed by atoms with van der Waals surface area (Å²) in [5.41, 5.74) is -0.649. The van der Waals surface area contributed by atoms with Crippen LogP contribution in [0.4, 0.5) is 0 Å². The van der Waals surface area contributed by atoms with Gasteiger partial charge in [-0.05, 0) is 79.8 Å². The average Bonchev–Trinajstić information content (AvgIpc) is 3.28. The summed E-state index contributed by atoms with van der Waals surface area (Å²) < 4.78 is 19.0. The molecule has 3 aliphatic carbocycles. The number of ketones is 1. The number of aliphatic hydroxyl groups excluding tert-OH is 1. The summed E-state index contributed by atoms with van der Waals surface area (Å²) in [6.45, 7) is 17.1. The number of methoxy groups -OCH3 is 1. The van der Waals surface area contributed by atoms with E-state index in [0.717, 1.165) is 56.8 Å². The zero-order chi connectivity index (χ0) is 26.1. The zero-order valence-corrected chi connectivity index (χ0v) is 25.0. The van der Waals surface area contributed by atoms with Gasteiger partial charge in [-0.25, -0.2) is 0 Å². The Labute approximate surface area is 216 Å². The maximum Gasteiger partial charge on any atom is 0.191 e. The summed E-state index contributed by atoms with van der Waals surface area (Å²) in [7, 11) is -0.0553. The minimum Gasteiger partial charge on any atom is -0.417 e. The van der Waals surface area contributed by atoms with Crippen LogP contribution in [0.2, 0.25) is 18.1 Å². The van der Waals surface area contributed by atoms with E-state index in [4.69, 9.17) is 13.9 Å². The predicted octanol–water partition coefficient (Wildman–Crippen LogP) is 6.44. The van der Waals surface area contributed by atoms with Gasteiger partial charge in [0.1, 0.15) is 12.6 Å². The van der Waals surface area contributed by atoms with Gasteiger partial charge >= 0.3 is 0 Å². The first kappa shape index (κ1) is 29.3. The van der Waals surface area contributed by atoms with Crippen molar-refractivity contribution in [1.82, 2.24) is 0 Å². The molecule has 8 atom stereocenters. The SMILES string of the molecule is CC[C@]1(C)C[C@@H](OCOC)[C@@]2(C)C3C(CO)CC[C@@]3(CC[C@H]2CO[Si](CC)(CC)CC)[C@@H](C)C1=O. The summed E-state index contributed by atoms with van der Waals surface area (Å²) in [4.78, 5) is 14.1. The first-order valence-corrected chi connectivity index (χ1v) is 17.0. The van der Waals surface area contributed by atoms with E-state index in [1.165, 1.54) is 0 Å². The second kappa shape index (κ2) is 11.2. The first-order valence-electron chi connectivity index (χ1n) is 14.5. The third-order valence-electron chi connectivity index (χ3n) is 11.7. The lowest BCUT2D eigenvalue weighted by molar-refractivity contribution is -0.220. The van der Waals surface area contributed by atoms with Crippen molar-refractivity contribution in [2.24, 2.45) is 39.9 Å². The van der Waals surface area contributed by atoms with Crippen molar-refractivity contribution in [2.45, 2.75) is 111 Å². The summed E-state index contributed by atoms with van der Waals surface area (Å²) in [6.07, 6.45) is 5.59. The molecule has 35 heavy (non-hydrogen) atoms. The zero-order valence-electron chi connectivity index (χ0n) is 24.0. The van der Waals surface area contributed by atoms with E-state index in [1.807, 2.05) is 0 Å². The molecule has 0 saturated heterocycles. The van der Waals surface area contributed by atoms with Gasteiger partial charge in [-0.15, -0.1) is 0 Å². The van der Waals surface area contributed by atoms with Crippen molar-refractivity contribution in [1.29, 1.82) is 0 Å². The van der Waals surface area contributed by atoms with Gasteiger partial charge in [0.2, 0.25) is 0 Å². The highest BCUT2D eigenvalue weighted by molar-refractivity contribution is 6.73. The van der Waals surface area contributed by atoms with Crippen molar-refractivity contribution in [3.8, 4) is 0 Å². The lowest BCUT2D eigenvalue weighted by Crippen LogP contribution is -2.63. The Morgan fingerprint density at radius 2 is 1.69 bits per heavy atom. The number of carbonyl (C=O) groups excluding carboxylic acids is 1. The average molecular weight is 511 g/mol. The second-order valence-electron chi connectivity index (χ2n) is 12.6. The second-order valence-corrected chi connectivity index (χ2v) is 17.4. The molecule has 0 aromatic rings. The fraction of sp³-hybridized carbons (Fsp3) is 0.966. The Balaban J connectivity index is 2.13. The minimum absolute atomic E-state index is 0.00830. The smallest absolute Gasteiger partial charge is 0.191 e. The molecule has 5 nitrogen and oxygen atoms in total. The van der Waals surface area contributed by atoms with Crippen LogP contribution in [-0.4, -0.2) is 52.4 Å². The van der Waals surface area contributed by atoms with Crippen LogP contribution in [-0.2, 0) is 18.7 Å². The molecule has 0 aliphatic heterocycles. The molecule has 2 unspecified atom stereocenters. The van der Waals surface area contributed by atoms with Crippen molar-refractivity contribution in [2.75, 3.05) is 27.1 Å². The van der Waals surface area contributed by atoms with Crippen LogP contribution in [0, 0.1) is 39.9 Å². The molecule has 0 spiro atoms. The van der Waals surface area contributed by atoms with Crippen LogP contribution < -0.4 is 0 Å². The van der Waals surface area contributed by atoms with Gasteiger partial charge < -0.3 is 19.0 Å². The fourth-order valence-electron chi connectivity index (χ4n) is 8.84. The number of carbonyl (C=O) groups is 1. The van der Waals surface area contributed by atoms with Crippen LogP contribution >= 0.6 is 0 Å². The maximum absolute atomic E-state index is 14.1. The topological polar surface area (TPSA) is 65.0 Å². The van der Waals surface area contributed by atoms with Crippen molar-refractivity contribution < 1.29 is 23.8 Å². The van der Waals surface area contributed by atoms with Gasteiger partial charge in [0, 0.05) is 37.1 Å². The molecule has 0 radical (unpaired) electrons. The van der Waals surface area contributed by atoms with Gasteiger partial charge in [-0.3, -0.25) is 4.79 Å². The third kappa shape index (κ3) is 4.73. The number of rotatable bonds is 11. The molecule has 3 rings (SSSR count). The minimum atomic E-state index is -1.73. The number of ether oxygens (including phenoxy) is 2. The first-order chi connectivity index (χ1) is 16.6. The Morgan fingerprint density at radius 1 is 1.06 bits per heavy atom. The van der Waals surface area contributed by atoms with Gasteiger partial charge in [0.25, 0.3) is 0 Å². The Bertz CT molecular complexity index is 718. The van der Waals surface area contributed by atoms with Crippen LogP contribution in [0.25, 0.3) is 0 Å². The molecule has 0 amide bonds. The highest BCUT2D eigenvalue weighted by Gasteiger charge is 2.68. The van der Waals surface area contributed by atoms with Crippen molar-refractivity contribution >= 4 is 14.1 Å². The molecular formula is C29H54O5Si. The Kier molecular flexibility index (Phi) is 9.39. The molecule has 0 heterocycles. The van der Waals surface area contributed by atoms with Crippen LogP contribution in [0.5, 0.6) is 0 Å². The van der Waals surface area contributed by atoms with Crippen LogP contribution in [0.1, 0.15) is 87.0 Å². The summed E-state index contributed by atoms with van der Waals surface area (Å²) in [5.74, 6) is 1.23. The van der Waals surface area contributed by atoms with Crippen LogP contribution in [0.3, 0.4) is 0 Å². The third-order valence-corrected chi connectivity index (χ3v) is 16.3. The number of hydrogen-bond acceptors (Lipinski definition) is 5. The molecule has 3 saturated carbocycles. The standard InChI is InChI=1S/C29H54O5Si/c1-9-27(6)17-24(33-20-32-8)28(7)23(19-34-35(10-2,11-3)12-4)14-16-29(21(5)26(27)31)15-13-22(18-30)25(28)29/h21-25,30H,9-20H2,1-8H3/t21-,22?,23-,24+,25?,27+,28-,29+/m0/s1. The molecule has 204 valence electrons. The van der Waals surface area contributed by atoms with E-state index in [0.29, 0.717) is 18.1 Å². The van der Waals surface area contributed by atoms with E-state index in [9.17, 15) is 9.90 Å². The van der Waals surface area contributed by atoms with Crippen molar-refractivity contribution in [3.05, 3.63) is 0 Å². The number of aliphatic hydroxyl groups is 1. The summed E-state index contributed by atoms with van der Waals surface area (Å²) in [5, 5.41) is 10.6. The highest BCUT2D eigenvalue weighted by atomic mass is 28.4. The number of hydrogen-bond donors (Lipinski definition) is 1. The van der Waals surface area contributed by atoms with Gasteiger partial charge in [-0.2, -0.15) is 0 Å². The van der Waals surface area contributed by atoms with Gasteiger partial charge in [0.15, 0.2) is 8.32 Å². The molecule has 0 aromatic carbocycles. The lowest BCUT2D eigenvalue weighted by atomic mass is 9.43. The van der Waals surface area contributed by atoms with E-state index in [2.05, 4.69) is 48.5 Å². The van der Waals surface area contributed by atoms with Gasteiger partial charge in [0.05, 0.1) is 6.10 Å². The Hall–Kier alpha value is -0.273. The normalized spacial score (nSPS) is 42.0. The summed E-state index contributed by atoms with van der Waals surface area (Å²) >= 11 is 0. The molecule has 3 fully saturated rings. The molecule has 6 heteroatoms. The molecular weight excluding hydrogens is 456 g/mol. The quantitative estimate of drug-likeness (QED) is 0.256. The van der Waals surface area contributed by atoms with E-state index >= 15 is 0 Å². The fourth-order valence-corrected chi connectivity index (χ4v) is 11.5. The van der Waals surface area contributed by atoms with E-state index in [1.54, 1.807) is 7.11 Å². The summed E-state index contributed by atoms with van der Waals surface area (Å²) in [6, 6.07) is 3.46. The Morgan fingerprint density at radius 3 is 2.23 bits per heavy atom. The van der Waals surface area contributed by atoms with Crippen LogP contribution in [0.15, 0.2) is 0 Å². The van der Waals surface area contributed by atoms with Crippen molar-refractivity contribution in [3.63, 3.8) is 0 Å². The van der Waals surface area contributed by atoms with Gasteiger partial charge in [-0.1, -0.05) is 48.5 Å². The maximum atomic E-state index is 14.1. The molecule has 0 aromatic heterocycles. The predicted molar refractivity (Wildman–Crippen MR) is 144 cm³/mol. The largest absolute Gasteiger partial charge is 0.417 e. The molecule has 2 bridgehead atoms.